The van der Waals surface area contributed by atoms with Crippen molar-refractivity contribution in [3.05, 3.63) is 53.2 Å². The van der Waals surface area contributed by atoms with Crippen molar-refractivity contribution in [3.63, 3.8) is 0 Å². The molecule has 0 aliphatic rings. The number of hydrogen-bond donors (Lipinski definition) is 1. The van der Waals surface area contributed by atoms with Gasteiger partial charge >= 0.3 is 0 Å². The van der Waals surface area contributed by atoms with Gasteiger partial charge in [0.05, 0.1) is 20.8 Å². The standard InChI is InChI=1S/C16H14N4S/c17-11-12-5-3-9-18-16(12)19-10-4-8-15-20-13-6-1-2-7-14(13)21-15/h1-3,5-7,9H,4,8,10H2,(H,18,19). The zero-order chi connectivity index (χ0) is 14.5. The Morgan fingerprint density at radius 3 is 2.95 bits per heavy atom. The second kappa shape index (κ2) is 6.33. The Morgan fingerprint density at radius 2 is 2.10 bits per heavy atom. The highest BCUT2D eigenvalue weighted by Crippen LogP contribution is 2.22. The molecule has 2 heterocycles. The van der Waals surface area contributed by atoms with Gasteiger partial charge in [0.1, 0.15) is 11.9 Å². The maximum atomic E-state index is 9.00. The van der Waals surface area contributed by atoms with Crippen LogP contribution < -0.4 is 5.32 Å². The zero-order valence-corrected chi connectivity index (χ0v) is 12.2. The van der Waals surface area contributed by atoms with E-state index >= 15 is 0 Å². The number of hydrogen-bond acceptors (Lipinski definition) is 5. The summed E-state index contributed by atoms with van der Waals surface area (Å²) in [5.74, 6) is 0.657. The number of rotatable bonds is 5. The molecule has 0 unspecified atom stereocenters. The molecule has 0 fully saturated rings. The van der Waals surface area contributed by atoms with E-state index in [1.165, 1.54) is 4.70 Å². The Morgan fingerprint density at radius 1 is 1.19 bits per heavy atom. The first kappa shape index (κ1) is 13.5. The number of para-hydroxylation sites is 1. The van der Waals surface area contributed by atoms with Gasteiger partial charge in [-0.3, -0.25) is 0 Å². The highest BCUT2D eigenvalue weighted by Gasteiger charge is 2.04. The monoisotopic (exact) mass is 294 g/mol. The molecule has 0 amide bonds. The van der Waals surface area contributed by atoms with Gasteiger partial charge in [-0.1, -0.05) is 12.1 Å². The third kappa shape index (κ3) is 3.18. The lowest BCUT2D eigenvalue weighted by Gasteiger charge is -2.05. The molecule has 2 aromatic heterocycles. The molecular weight excluding hydrogens is 280 g/mol. The van der Waals surface area contributed by atoms with Crippen LogP contribution in [-0.4, -0.2) is 16.5 Å². The number of thiazole rings is 1. The Balaban J connectivity index is 1.55. The van der Waals surface area contributed by atoms with E-state index in [4.69, 9.17) is 5.26 Å². The summed E-state index contributed by atoms with van der Waals surface area (Å²) in [4.78, 5) is 8.80. The van der Waals surface area contributed by atoms with Gasteiger partial charge in [-0.05, 0) is 30.7 Å². The number of nitrogens with zero attached hydrogens (tertiary/aromatic N) is 3. The minimum absolute atomic E-state index is 0.581. The largest absolute Gasteiger partial charge is 0.369 e. The lowest BCUT2D eigenvalue weighted by Crippen LogP contribution is -2.06. The molecular formula is C16H14N4S. The lowest BCUT2D eigenvalue weighted by molar-refractivity contribution is 0.853. The van der Waals surface area contributed by atoms with Crippen LogP contribution in [0.1, 0.15) is 17.0 Å². The van der Waals surface area contributed by atoms with E-state index in [2.05, 4.69) is 27.4 Å². The molecule has 0 spiro atoms. The van der Waals surface area contributed by atoms with E-state index in [0.717, 1.165) is 29.9 Å². The normalized spacial score (nSPS) is 10.4. The first-order valence-corrected chi connectivity index (χ1v) is 7.62. The second-order valence-corrected chi connectivity index (χ2v) is 5.73. The number of aryl methyl sites for hydroxylation is 1. The molecule has 104 valence electrons. The van der Waals surface area contributed by atoms with Gasteiger partial charge in [-0.15, -0.1) is 11.3 Å². The van der Waals surface area contributed by atoms with Crippen molar-refractivity contribution in [3.8, 4) is 6.07 Å². The van der Waals surface area contributed by atoms with Gasteiger partial charge in [0, 0.05) is 19.2 Å². The highest BCUT2D eigenvalue weighted by molar-refractivity contribution is 7.18. The van der Waals surface area contributed by atoms with Gasteiger partial charge in [0.15, 0.2) is 0 Å². The Bertz CT molecular complexity index is 755. The van der Waals surface area contributed by atoms with Gasteiger partial charge in [-0.25, -0.2) is 9.97 Å². The summed E-state index contributed by atoms with van der Waals surface area (Å²) in [6, 6.07) is 13.9. The molecule has 0 bridgehead atoms. The van der Waals surface area contributed by atoms with Gasteiger partial charge in [0.2, 0.25) is 0 Å². The van der Waals surface area contributed by atoms with E-state index in [1.807, 2.05) is 18.2 Å². The number of pyridine rings is 1. The topological polar surface area (TPSA) is 61.6 Å². The molecule has 1 N–H and O–H groups in total. The van der Waals surface area contributed by atoms with Gasteiger partial charge in [0.25, 0.3) is 0 Å². The van der Waals surface area contributed by atoms with E-state index < -0.39 is 0 Å². The van der Waals surface area contributed by atoms with Crippen molar-refractivity contribution in [2.45, 2.75) is 12.8 Å². The van der Waals surface area contributed by atoms with Crippen molar-refractivity contribution in [1.29, 1.82) is 5.26 Å². The van der Waals surface area contributed by atoms with E-state index in [-0.39, 0.29) is 0 Å². The van der Waals surface area contributed by atoms with Crippen LogP contribution in [0.5, 0.6) is 0 Å². The number of anilines is 1. The van der Waals surface area contributed by atoms with Crippen molar-refractivity contribution < 1.29 is 0 Å². The van der Waals surface area contributed by atoms with Crippen molar-refractivity contribution in [2.75, 3.05) is 11.9 Å². The molecule has 3 aromatic rings. The van der Waals surface area contributed by atoms with Gasteiger partial charge < -0.3 is 5.32 Å². The number of benzene rings is 1. The first-order chi connectivity index (χ1) is 10.4. The van der Waals surface area contributed by atoms with Crippen LogP contribution in [0, 0.1) is 11.3 Å². The molecule has 0 saturated heterocycles. The molecule has 5 heteroatoms. The molecule has 0 radical (unpaired) electrons. The summed E-state index contributed by atoms with van der Waals surface area (Å²) in [5, 5.41) is 13.4. The van der Waals surface area contributed by atoms with E-state index in [1.54, 1.807) is 29.7 Å². The molecule has 0 atom stereocenters. The molecule has 0 saturated carbocycles. The fraction of sp³-hybridized carbons (Fsp3) is 0.188. The second-order valence-electron chi connectivity index (χ2n) is 4.62. The fourth-order valence-corrected chi connectivity index (χ4v) is 3.12. The molecule has 0 aliphatic carbocycles. The SMILES string of the molecule is N#Cc1cccnc1NCCCc1nc2ccccc2s1. The molecule has 21 heavy (non-hydrogen) atoms. The third-order valence-corrected chi connectivity index (χ3v) is 4.22. The number of nitrogens with one attached hydrogen (secondary N) is 1. The Hall–Kier alpha value is -2.45. The predicted octanol–water partition coefficient (Wildman–Crippen LogP) is 3.61. The molecule has 1 aromatic carbocycles. The number of nitriles is 1. The van der Waals surface area contributed by atoms with Crippen LogP contribution in [-0.2, 0) is 6.42 Å². The average Bonchev–Trinajstić information content (AvgIpc) is 2.94. The van der Waals surface area contributed by atoms with Crippen molar-refractivity contribution in [2.24, 2.45) is 0 Å². The average molecular weight is 294 g/mol. The summed E-state index contributed by atoms with van der Waals surface area (Å²) in [5.41, 5.74) is 1.65. The van der Waals surface area contributed by atoms with Crippen LogP contribution >= 0.6 is 11.3 Å². The Labute approximate surface area is 127 Å². The van der Waals surface area contributed by atoms with Crippen LogP contribution in [0.15, 0.2) is 42.6 Å². The van der Waals surface area contributed by atoms with Crippen LogP contribution in [0.3, 0.4) is 0 Å². The molecule has 4 nitrogen and oxygen atoms in total. The first-order valence-electron chi connectivity index (χ1n) is 6.80. The lowest BCUT2D eigenvalue weighted by atomic mass is 10.2. The molecule has 0 aliphatic heterocycles. The highest BCUT2D eigenvalue weighted by atomic mass is 32.1. The minimum Gasteiger partial charge on any atom is -0.369 e. The summed E-state index contributed by atoms with van der Waals surface area (Å²) in [6.07, 6.45) is 3.58. The predicted molar refractivity (Wildman–Crippen MR) is 85.4 cm³/mol. The van der Waals surface area contributed by atoms with Crippen molar-refractivity contribution >= 4 is 27.4 Å². The van der Waals surface area contributed by atoms with Crippen LogP contribution in [0.4, 0.5) is 5.82 Å². The smallest absolute Gasteiger partial charge is 0.143 e. The van der Waals surface area contributed by atoms with E-state index in [9.17, 15) is 0 Å². The summed E-state index contributed by atoms with van der Waals surface area (Å²) in [7, 11) is 0. The third-order valence-electron chi connectivity index (χ3n) is 3.13. The van der Waals surface area contributed by atoms with Crippen LogP contribution in [0.25, 0.3) is 10.2 Å². The van der Waals surface area contributed by atoms with Crippen LogP contribution in [0.2, 0.25) is 0 Å². The summed E-state index contributed by atoms with van der Waals surface area (Å²) in [6.45, 7) is 0.779. The summed E-state index contributed by atoms with van der Waals surface area (Å²) >= 11 is 1.74. The van der Waals surface area contributed by atoms with Crippen molar-refractivity contribution in [1.82, 2.24) is 9.97 Å². The number of aromatic nitrogens is 2. The fourth-order valence-electron chi connectivity index (χ4n) is 2.11. The van der Waals surface area contributed by atoms with Gasteiger partial charge in [-0.2, -0.15) is 5.26 Å². The van der Waals surface area contributed by atoms with E-state index in [0.29, 0.717) is 11.4 Å². The zero-order valence-electron chi connectivity index (χ0n) is 11.4. The quantitative estimate of drug-likeness (QED) is 0.730. The Kier molecular flexibility index (Phi) is 4.08. The number of fused-ring (bicyclic) bond motifs is 1. The summed E-state index contributed by atoms with van der Waals surface area (Å²) < 4.78 is 1.23. The maximum absolute atomic E-state index is 9.00. The maximum Gasteiger partial charge on any atom is 0.143 e. The molecule has 3 rings (SSSR count). The minimum atomic E-state index is 0.581.